The maximum absolute atomic E-state index is 9.59. The van der Waals surface area contributed by atoms with E-state index in [1.807, 2.05) is 0 Å². The number of hydrogen-bond acceptors (Lipinski definition) is 3. The van der Waals surface area contributed by atoms with E-state index >= 15 is 0 Å². The van der Waals surface area contributed by atoms with E-state index in [9.17, 15) is 4.21 Å². The van der Waals surface area contributed by atoms with Crippen molar-refractivity contribution in [3.63, 3.8) is 0 Å². The zero-order valence-electron chi connectivity index (χ0n) is 2.93. The number of rotatable bonds is 1. The van der Waals surface area contributed by atoms with Gasteiger partial charge in [0.05, 0.1) is 0 Å². The Morgan fingerprint density at radius 2 is 2.20 bits per heavy atom. The van der Waals surface area contributed by atoms with Crippen LogP contribution in [0.15, 0.2) is 0 Å². The lowest BCUT2D eigenvalue weighted by atomic mass is 11.8. The lowest BCUT2D eigenvalue weighted by molar-refractivity contribution is 0.443. The molecule has 0 aromatic heterocycles. The summed E-state index contributed by atoms with van der Waals surface area (Å²) in [5.41, 5.74) is 0. The Balaban J connectivity index is 3.23. The van der Waals surface area contributed by atoms with Gasteiger partial charge in [-0.05, 0) is 0 Å². The molecule has 32 valence electrons. The van der Waals surface area contributed by atoms with Crippen LogP contribution in [0.25, 0.3) is 0 Å². The van der Waals surface area contributed by atoms with Gasteiger partial charge in [0.1, 0.15) is 0 Å². The molecule has 0 spiro atoms. The minimum absolute atomic E-state index is 1.32. The van der Waals surface area contributed by atoms with Crippen LogP contribution < -0.4 is 0 Å². The van der Waals surface area contributed by atoms with Crippen molar-refractivity contribution in [1.82, 2.24) is 0 Å². The molecule has 0 aliphatic rings. The Hall–Kier alpha value is -0.0200. The first-order chi connectivity index (χ1) is 2.27. The summed E-state index contributed by atoms with van der Waals surface area (Å²) in [5.74, 6) is 3.01. The van der Waals surface area contributed by atoms with E-state index in [-0.39, 0.29) is 0 Å². The van der Waals surface area contributed by atoms with E-state index in [2.05, 4.69) is 10.1 Å². The van der Waals surface area contributed by atoms with Crippen molar-refractivity contribution in [1.29, 1.82) is 0 Å². The van der Waals surface area contributed by atoms with Crippen LogP contribution in [0.4, 0.5) is 0 Å². The molecule has 0 N–H and O–H groups in total. The second kappa shape index (κ2) is 2.23. The summed E-state index contributed by atoms with van der Waals surface area (Å²) in [7, 11) is 0.0139. The molecular weight excluding hydrogens is 88.1 g/mol. The average Bonchev–Trinajstić information content (AvgIpc) is 1.38. The van der Waals surface area contributed by atoms with Gasteiger partial charge in [-0.2, -0.15) is 16.5 Å². The Morgan fingerprint density at radius 3 is 2.20 bits per heavy atom. The topological polar surface area (TPSA) is 26.3 Å². The normalized spacial score (nSPS) is 9.20. The van der Waals surface area contributed by atoms with E-state index in [4.69, 9.17) is 0 Å². The quantitative estimate of drug-likeness (QED) is 0.335. The second-order valence-corrected chi connectivity index (χ2v) is 1.41. The summed E-state index contributed by atoms with van der Waals surface area (Å²) in [6, 6.07) is 0. The Bertz CT molecular complexity index is 65.7. The fourth-order valence-corrected chi connectivity index (χ4v) is 0. The molecule has 3 heteroatoms. The molecule has 0 fully saturated rings. The molecule has 0 bridgehead atoms. The molecule has 0 saturated carbocycles. The minimum atomic E-state index is -1.32. The maximum atomic E-state index is 9.59. The summed E-state index contributed by atoms with van der Waals surface area (Å²) >= 11 is 0. The monoisotopic (exact) mass is 93.0 g/mol. The first-order valence-electron chi connectivity index (χ1n) is 1.03. The highest BCUT2D eigenvalue weighted by Gasteiger charge is 1.37. The van der Waals surface area contributed by atoms with Crippen molar-refractivity contribution in [2.45, 2.75) is 0 Å². The lowest BCUT2D eigenvalue weighted by Gasteiger charge is -1.89. The fraction of sp³-hybridized carbons (Fsp3) is 0.500. The highest BCUT2D eigenvalue weighted by molar-refractivity contribution is 7.77. The molecule has 0 aliphatic heterocycles. The van der Waals surface area contributed by atoms with Crippen LogP contribution in [-0.2, 0) is 19.1 Å². The molecule has 0 aromatic carbocycles. The molecule has 0 atom stereocenters. The SMILES string of the molecule is C=[S-](=O)OC. The van der Waals surface area contributed by atoms with Crippen molar-refractivity contribution >= 4 is 16.5 Å². The average molecular weight is 93.1 g/mol. The van der Waals surface area contributed by atoms with Gasteiger partial charge in [0, 0.05) is 7.11 Å². The van der Waals surface area contributed by atoms with Gasteiger partial charge in [0.15, 0.2) is 0 Å². The molecule has 0 heterocycles. The predicted molar refractivity (Wildman–Crippen MR) is 22.2 cm³/mol. The van der Waals surface area contributed by atoms with Gasteiger partial charge < -0.3 is 8.39 Å². The first-order valence-corrected chi connectivity index (χ1v) is 2.27. The van der Waals surface area contributed by atoms with Crippen LogP contribution in [0, 0.1) is 0 Å². The summed E-state index contributed by atoms with van der Waals surface area (Å²) < 4.78 is 13.7. The van der Waals surface area contributed by atoms with Crippen molar-refractivity contribution in [2.75, 3.05) is 7.11 Å². The van der Waals surface area contributed by atoms with Crippen LogP contribution in [0.1, 0.15) is 0 Å². The van der Waals surface area contributed by atoms with Crippen LogP contribution >= 0.6 is 0 Å². The zero-order chi connectivity index (χ0) is 4.28. The van der Waals surface area contributed by atoms with Crippen molar-refractivity contribution in [2.24, 2.45) is 0 Å². The molecule has 0 amide bonds. The van der Waals surface area contributed by atoms with Crippen molar-refractivity contribution < 1.29 is 8.39 Å². The molecule has 0 rings (SSSR count). The van der Waals surface area contributed by atoms with Crippen molar-refractivity contribution in [3.05, 3.63) is 0 Å². The molecule has 0 aromatic rings. The molecule has 0 unspecified atom stereocenters. The van der Waals surface area contributed by atoms with Crippen LogP contribution in [-0.4, -0.2) is 13.0 Å². The lowest BCUT2D eigenvalue weighted by Crippen LogP contribution is -1.70. The predicted octanol–water partition coefficient (Wildman–Crippen LogP) is -0.0564. The van der Waals surface area contributed by atoms with E-state index in [0.29, 0.717) is 0 Å². The highest BCUT2D eigenvalue weighted by Crippen LogP contribution is 1.54. The van der Waals surface area contributed by atoms with Gasteiger partial charge in [-0.15, -0.1) is 0 Å². The van der Waals surface area contributed by atoms with Gasteiger partial charge in [-0.1, -0.05) is 0 Å². The number of hydrogen-bond donors (Lipinski definition) is 0. The van der Waals surface area contributed by atoms with Gasteiger partial charge in [0.25, 0.3) is 0 Å². The highest BCUT2D eigenvalue weighted by atomic mass is 32.2. The van der Waals surface area contributed by atoms with Gasteiger partial charge in [-0.25, -0.2) is 0 Å². The largest absolute Gasteiger partial charge is 0.455 e. The Labute approximate surface area is 33.0 Å². The van der Waals surface area contributed by atoms with Crippen LogP contribution in [0.3, 0.4) is 0 Å². The molecule has 0 saturated heterocycles. The molecule has 0 radical (unpaired) electrons. The Morgan fingerprint density at radius 1 is 2.00 bits per heavy atom. The minimum Gasteiger partial charge on any atom is -0.455 e. The third kappa shape index (κ3) is 3.98. The van der Waals surface area contributed by atoms with Gasteiger partial charge in [-0.3, -0.25) is 0 Å². The summed E-state index contributed by atoms with van der Waals surface area (Å²) in [4.78, 5) is 0. The van der Waals surface area contributed by atoms with Crippen molar-refractivity contribution in [3.8, 4) is 0 Å². The van der Waals surface area contributed by atoms with Gasteiger partial charge in [0.2, 0.25) is 0 Å². The standard InChI is InChI=1S/C2H5O2S/c1-4-5(2)3/h2H2,1H3/q-1. The van der Waals surface area contributed by atoms with Crippen LogP contribution in [0.5, 0.6) is 0 Å². The zero-order valence-corrected chi connectivity index (χ0v) is 3.75. The summed E-state index contributed by atoms with van der Waals surface area (Å²) in [6.45, 7) is 0. The fourth-order valence-electron chi connectivity index (χ4n) is 0. The molecule has 2 nitrogen and oxygen atoms in total. The summed E-state index contributed by atoms with van der Waals surface area (Å²) in [5, 5.41) is 0. The van der Waals surface area contributed by atoms with Crippen LogP contribution in [0.2, 0.25) is 0 Å². The van der Waals surface area contributed by atoms with Gasteiger partial charge >= 0.3 is 0 Å². The smallest absolute Gasteiger partial charge is 0.0132 e. The molecular formula is C2H5O2S-. The Kier molecular flexibility index (Phi) is 2.22. The maximum Gasteiger partial charge on any atom is 0.0132 e. The van der Waals surface area contributed by atoms with E-state index < -0.39 is 10.7 Å². The third-order valence-corrected chi connectivity index (χ3v) is 0.558. The molecule has 0 aliphatic carbocycles. The first kappa shape index (κ1) is 4.98. The second-order valence-electron chi connectivity index (χ2n) is 0.470. The van der Waals surface area contributed by atoms with E-state index in [0.717, 1.165) is 0 Å². The summed E-state index contributed by atoms with van der Waals surface area (Å²) in [6.07, 6.45) is 0. The molecule has 5 heavy (non-hydrogen) atoms. The van der Waals surface area contributed by atoms with E-state index in [1.54, 1.807) is 0 Å². The van der Waals surface area contributed by atoms with E-state index in [1.165, 1.54) is 7.11 Å². The third-order valence-electron chi connectivity index (χ3n) is 0.186.